The Labute approximate surface area is 273 Å². The molecule has 0 aliphatic heterocycles. The molecule has 0 radical (unpaired) electrons. The fraction of sp³-hybridized carbons (Fsp3) is 0.714. The van der Waals surface area contributed by atoms with Gasteiger partial charge in [-0.15, -0.1) is 0 Å². The Hall–Kier alpha value is -2.03. The zero-order valence-corrected chi connectivity index (χ0v) is 28.9. The monoisotopic (exact) mass is 655 g/mol. The largest absolute Gasteiger partial charge is 0.472 e. The Morgan fingerprint density at radius 3 is 1.82 bits per heavy atom. The molecule has 0 saturated carbocycles. The first-order valence-corrected chi connectivity index (χ1v) is 18.6. The number of carbonyl (C=O) groups is 2. The summed E-state index contributed by atoms with van der Waals surface area (Å²) in [5.74, 6) is -0.565. The molecule has 10 heteroatoms. The molecule has 0 heterocycles. The van der Waals surface area contributed by atoms with Crippen molar-refractivity contribution in [1.82, 2.24) is 5.32 Å². The molecule has 3 N–H and O–H groups in total. The molecular weight excluding hydrogens is 593 g/mol. The van der Waals surface area contributed by atoms with Gasteiger partial charge in [0.25, 0.3) is 0 Å². The first-order valence-electron chi connectivity index (χ1n) is 17.1. The van der Waals surface area contributed by atoms with Crippen molar-refractivity contribution in [1.29, 1.82) is 0 Å². The lowest BCUT2D eigenvalue weighted by Crippen LogP contribution is -2.27. The quantitative estimate of drug-likeness (QED) is 0.0294. The molecule has 45 heavy (non-hydrogen) atoms. The molecule has 9 nitrogen and oxygen atoms in total. The minimum atomic E-state index is -4.40. The van der Waals surface area contributed by atoms with E-state index in [2.05, 4.69) is 60.8 Å². The van der Waals surface area contributed by atoms with Gasteiger partial charge in [-0.25, -0.2) is 4.57 Å². The minimum absolute atomic E-state index is 0.0692. The molecule has 0 aliphatic carbocycles. The summed E-state index contributed by atoms with van der Waals surface area (Å²) >= 11 is 0. The fourth-order valence-corrected chi connectivity index (χ4v) is 4.88. The van der Waals surface area contributed by atoms with Crippen molar-refractivity contribution in [3.05, 3.63) is 48.6 Å². The smallest absolute Gasteiger partial charge is 0.463 e. The Morgan fingerprint density at radius 1 is 0.689 bits per heavy atom. The number of hydrogen-bond donors (Lipinski definition) is 3. The van der Waals surface area contributed by atoms with Crippen LogP contribution in [-0.2, 0) is 27.9 Å². The fourth-order valence-electron chi connectivity index (χ4n) is 4.13. The average Bonchev–Trinajstić information content (AvgIpc) is 3.02. The van der Waals surface area contributed by atoms with Crippen LogP contribution in [0, 0.1) is 0 Å². The molecule has 0 aromatic rings. The third-order valence-electron chi connectivity index (χ3n) is 6.76. The van der Waals surface area contributed by atoms with Crippen molar-refractivity contribution in [3.8, 4) is 0 Å². The standard InChI is InChI=1S/C35H62NO8P/c1-3-5-7-8-9-10-11-12-13-14-15-16-17-18-19-20-21-22-23-24-26-27-34(38)36-29-30-43-45(40,41)44-32-33(37)31-42-35(39)28-25-6-4-2/h9-10,12-13,15-16,18-19,33,37H,3-8,11,14,17,20-32H2,1-2H3,(H,36,38)(H,40,41)/b10-9-,13-12-,16-15-,19-18-. The molecule has 0 rings (SSSR count). The molecule has 0 aliphatic rings. The first-order chi connectivity index (χ1) is 21.8. The Morgan fingerprint density at radius 2 is 1.20 bits per heavy atom. The number of rotatable bonds is 31. The van der Waals surface area contributed by atoms with E-state index in [4.69, 9.17) is 13.8 Å². The van der Waals surface area contributed by atoms with Crippen LogP contribution in [0.3, 0.4) is 0 Å². The minimum Gasteiger partial charge on any atom is -0.463 e. The summed E-state index contributed by atoms with van der Waals surface area (Å²) in [6, 6.07) is 0. The lowest BCUT2D eigenvalue weighted by Gasteiger charge is -2.15. The van der Waals surface area contributed by atoms with Crippen LogP contribution >= 0.6 is 7.82 Å². The van der Waals surface area contributed by atoms with Crippen LogP contribution in [0.4, 0.5) is 0 Å². The normalized spacial score (nSPS) is 14.1. The van der Waals surface area contributed by atoms with E-state index in [1.807, 2.05) is 6.92 Å². The molecule has 1 amide bonds. The maximum absolute atomic E-state index is 12.0. The molecule has 260 valence electrons. The van der Waals surface area contributed by atoms with Gasteiger partial charge in [0.15, 0.2) is 0 Å². The van der Waals surface area contributed by atoms with Gasteiger partial charge in [0, 0.05) is 19.4 Å². The van der Waals surface area contributed by atoms with E-state index in [0.29, 0.717) is 12.8 Å². The number of unbranched alkanes of at least 4 members (excludes halogenated alkanes) is 10. The summed E-state index contributed by atoms with van der Waals surface area (Å²) in [6.07, 6.45) is 34.1. The Kier molecular flexibility index (Phi) is 30.5. The van der Waals surface area contributed by atoms with Gasteiger partial charge < -0.3 is 20.1 Å². The number of carbonyl (C=O) groups excluding carboxylic acids is 2. The zero-order chi connectivity index (χ0) is 33.3. The summed E-state index contributed by atoms with van der Waals surface area (Å²) in [7, 11) is -4.40. The van der Waals surface area contributed by atoms with Gasteiger partial charge >= 0.3 is 13.8 Å². The summed E-state index contributed by atoms with van der Waals surface area (Å²) in [4.78, 5) is 33.2. The van der Waals surface area contributed by atoms with Gasteiger partial charge in [0.2, 0.25) is 5.91 Å². The third kappa shape index (κ3) is 33.2. The van der Waals surface area contributed by atoms with Gasteiger partial charge in [-0.1, -0.05) is 107 Å². The van der Waals surface area contributed by atoms with Crippen LogP contribution in [0.1, 0.15) is 129 Å². The number of nitrogens with one attached hydrogen (secondary N) is 1. The predicted molar refractivity (Wildman–Crippen MR) is 183 cm³/mol. The van der Waals surface area contributed by atoms with E-state index in [1.165, 1.54) is 25.7 Å². The highest BCUT2D eigenvalue weighted by atomic mass is 31.2. The molecule has 0 saturated heterocycles. The van der Waals surface area contributed by atoms with Crippen LogP contribution in [0.2, 0.25) is 0 Å². The molecule has 0 fully saturated rings. The number of phosphoric acid groups is 1. The summed E-state index contributed by atoms with van der Waals surface area (Å²) in [5, 5.41) is 12.4. The van der Waals surface area contributed by atoms with Crippen molar-refractivity contribution < 1.29 is 37.9 Å². The van der Waals surface area contributed by atoms with Crippen LogP contribution in [0.15, 0.2) is 48.6 Å². The Balaban J connectivity index is 3.64. The van der Waals surface area contributed by atoms with Crippen molar-refractivity contribution >= 4 is 19.7 Å². The molecule has 0 aromatic carbocycles. The molecule has 2 unspecified atom stereocenters. The van der Waals surface area contributed by atoms with Crippen molar-refractivity contribution in [2.75, 3.05) is 26.4 Å². The van der Waals surface area contributed by atoms with Crippen LogP contribution < -0.4 is 5.32 Å². The maximum Gasteiger partial charge on any atom is 0.472 e. The van der Waals surface area contributed by atoms with E-state index in [1.54, 1.807) is 0 Å². The number of amides is 1. The number of ether oxygens (including phenoxy) is 1. The van der Waals surface area contributed by atoms with Gasteiger partial charge in [0.05, 0.1) is 13.2 Å². The second-order valence-electron chi connectivity index (χ2n) is 11.1. The van der Waals surface area contributed by atoms with E-state index in [-0.39, 0.29) is 32.1 Å². The summed E-state index contributed by atoms with van der Waals surface area (Å²) in [5.41, 5.74) is 0. The molecule has 0 spiro atoms. The van der Waals surface area contributed by atoms with E-state index >= 15 is 0 Å². The van der Waals surface area contributed by atoms with E-state index in [0.717, 1.165) is 70.6 Å². The number of aliphatic hydroxyl groups excluding tert-OH is 1. The van der Waals surface area contributed by atoms with Crippen LogP contribution in [0.25, 0.3) is 0 Å². The SMILES string of the molecule is CCCCC/C=C\C/C=C\C/C=C\C/C=C\CCCCCCCC(=O)NCCOP(=O)(O)OCC(O)COC(=O)CCCCC. The number of hydrogen-bond acceptors (Lipinski definition) is 7. The average molecular weight is 656 g/mol. The highest BCUT2D eigenvalue weighted by Crippen LogP contribution is 2.42. The molecule has 0 aromatic heterocycles. The van der Waals surface area contributed by atoms with Crippen molar-refractivity contribution in [3.63, 3.8) is 0 Å². The van der Waals surface area contributed by atoms with Crippen molar-refractivity contribution in [2.24, 2.45) is 0 Å². The number of phosphoric ester groups is 1. The van der Waals surface area contributed by atoms with Crippen molar-refractivity contribution in [2.45, 2.75) is 136 Å². The topological polar surface area (TPSA) is 131 Å². The van der Waals surface area contributed by atoms with Gasteiger partial charge in [0.1, 0.15) is 12.7 Å². The first kappa shape index (κ1) is 43.0. The highest BCUT2D eigenvalue weighted by Gasteiger charge is 2.23. The molecule has 2 atom stereocenters. The third-order valence-corrected chi connectivity index (χ3v) is 7.75. The van der Waals surface area contributed by atoms with Crippen LogP contribution in [-0.4, -0.2) is 54.3 Å². The van der Waals surface area contributed by atoms with E-state index in [9.17, 15) is 24.2 Å². The van der Waals surface area contributed by atoms with Gasteiger partial charge in [-0.3, -0.25) is 18.6 Å². The summed E-state index contributed by atoms with van der Waals surface area (Å²) in [6.45, 7) is 3.27. The Bertz CT molecular complexity index is 887. The second-order valence-corrected chi connectivity index (χ2v) is 12.6. The zero-order valence-electron chi connectivity index (χ0n) is 28.0. The molecular formula is C35H62NO8P. The lowest BCUT2D eigenvalue weighted by molar-refractivity contribution is -0.147. The van der Waals surface area contributed by atoms with Crippen LogP contribution in [0.5, 0.6) is 0 Å². The molecule has 0 bridgehead atoms. The van der Waals surface area contributed by atoms with E-state index < -0.39 is 26.5 Å². The lowest BCUT2D eigenvalue weighted by atomic mass is 10.1. The highest BCUT2D eigenvalue weighted by molar-refractivity contribution is 7.47. The summed E-state index contributed by atoms with van der Waals surface area (Å²) < 4.78 is 26.4. The number of aliphatic hydroxyl groups is 1. The maximum atomic E-state index is 12.0. The van der Waals surface area contributed by atoms with Gasteiger partial charge in [-0.2, -0.15) is 0 Å². The van der Waals surface area contributed by atoms with Gasteiger partial charge in [-0.05, 0) is 57.8 Å². The number of esters is 1. The predicted octanol–water partition coefficient (Wildman–Crippen LogP) is 8.43. The number of allylic oxidation sites excluding steroid dienone is 8. The second kappa shape index (κ2) is 31.9.